The van der Waals surface area contributed by atoms with Crippen molar-refractivity contribution in [3.8, 4) is 6.19 Å². The van der Waals surface area contributed by atoms with Crippen LogP contribution in [0.25, 0.3) is 16.8 Å². The van der Waals surface area contributed by atoms with Crippen LogP contribution in [0.5, 0.6) is 0 Å². The van der Waals surface area contributed by atoms with Gasteiger partial charge in [-0.2, -0.15) is 5.26 Å². The van der Waals surface area contributed by atoms with Gasteiger partial charge in [-0.1, -0.05) is 36.4 Å². The molecule has 1 heterocycles. The second-order valence-corrected chi connectivity index (χ2v) is 4.98. The van der Waals surface area contributed by atoms with E-state index in [-0.39, 0.29) is 5.91 Å². The summed E-state index contributed by atoms with van der Waals surface area (Å²) in [5, 5.41) is 14.2. The van der Waals surface area contributed by atoms with Gasteiger partial charge in [0.2, 0.25) is 0 Å². The Morgan fingerprint density at radius 2 is 1.95 bits per heavy atom. The minimum Gasteiger partial charge on any atom is -0.268 e. The smallest absolute Gasteiger partial charge is 0.265 e. The third-order valence-corrected chi connectivity index (χ3v) is 3.59. The highest BCUT2D eigenvalue weighted by Crippen LogP contribution is 2.17. The lowest BCUT2D eigenvalue weighted by atomic mass is 10.1. The third kappa shape index (κ3) is 2.72. The predicted octanol–water partition coefficient (Wildman–Crippen LogP) is 2.78. The molecule has 0 saturated carbocycles. The number of carbonyl (C=O) groups excluding carboxylic acids is 1. The second-order valence-electron chi connectivity index (χ2n) is 4.98. The van der Waals surface area contributed by atoms with Crippen molar-refractivity contribution in [2.45, 2.75) is 6.42 Å². The Morgan fingerprint density at radius 1 is 1.14 bits per heavy atom. The highest BCUT2D eigenvalue weighted by Gasteiger charge is 2.23. The molecule has 0 spiro atoms. The minimum absolute atomic E-state index is 0.151. The van der Waals surface area contributed by atoms with E-state index >= 15 is 0 Å². The molecule has 1 aliphatic rings. The Bertz CT molecular complexity index is 745. The lowest BCUT2D eigenvalue weighted by Gasteiger charge is -2.20. The van der Waals surface area contributed by atoms with Gasteiger partial charge in [0.05, 0.1) is 6.54 Å². The number of hydrogen-bond donors (Lipinski definition) is 0. The largest absolute Gasteiger partial charge is 0.268 e. The van der Waals surface area contributed by atoms with Crippen LogP contribution in [-0.4, -0.2) is 29.0 Å². The number of hydrazine groups is 1. The maximum absolute atomic E-state index is 12.1. The van der Waals surface area contributed by atoms with Crippen molar-refractivity contribution in [1.82, 2.24) is 10.0 Å². The van der Waals surface area contributed by atoms with E-state index < -0.39 is 0 Å². The average Bonchev–Trinajstić information content (AvgIpc) is 3.01. The SMILES string of the molecule is N#CN1CCCN1C(=O)/C=C/c1ccc2ccccc2c1. The topological polar surface area (TPSA) is 47.3 Å². The number of fused-ring (bicyclic) bond motifs is 1. The normalized spacial score (nSPS) is 14.8. The van der Waals surface area contributed by atoms with E-state index in [4.69, 9.17) is 5.26 Å². The summed E-state index contributed by atoms with van der Waals surface area (Å²) in [4.78, 5) is 12.1. The zero-order valence-electron chi connectivity index (χ0n) is 11.6. The summed E-state index contributed by atoms with van der Waals surface area (Å²) in [6.45, 7) is 1.22. The van der Waals surface area contributed by atoms with Gasteiger partial charge in [-0.15, -0.1) is 0 Å². The summed E-state index contributed by atoms with van der Waals surface area (Å²) in [6, 6.07) is 14.2. The summed E-state index contributed by atoms with van der Waals surface area (Å²) in [6.07, 6.45) is 6.18. The molecule has 1 saturated heterocycles. The number of hydrogen-bond acceptors (Lipinski definition) is 3. The average molecular weight is 277 g/mol. The van der Waals surface area contributed by atoms with Crippen molar-refractivity contribution in [3.05, 3.63) is 54.1 Å². The van der Waals surface area contributed by atoms with Crippen LogP contribution in [0.4, 0.5) is 0 Å². The van der Waals surface area contributed by atoms with E-state index in [1.807, 2.05) is 42.6 Å². The highest BCUT2D eigenvalue weighted by molar-refractivity contribution is 5.93. The van der Waals surface area contributed by atoms with Crippen LogP contribution in [-0.2, 0) is 4.79 Å². The Hall–Kier alpha value is -2.80. The van der Waals surface area contributed by atoms with Gasteiger partial charge in [0, 0.05) is 12.6 Å². The summed E-state index contributed by atoms with van der Waals surface area (Å²) in [7, 11) is 0. The second kappa shape index (κ2) is 5.68. The van der Waals surface area contributed by atoms with Gasteiger partial charge < -0.3 is 0 Å². The zero-order valence-corrected chi connectivity index (χ0v) is 11.6. The van der Waals surface area contributed by atoms with Gasteiger partial charge in [0.1, 0.15) is 0 Å². The summed E-state index contributed by atoms with van der Waals surface area (Å²) in [5.74, 6) is -0.151. The van der Waals surface area contributed by atoms with Crippen LogP contribution in [0.2, 0.25) is 0 Å². The van der Waals surface area contributed by atoms with Crippen LogP contribution in [0.15, 0.2) is 48.5 Å². The van der Waals surface area contributed by atoms with Crippen molar-refractivity contribution in [3.63, 3.8) is 0 Å². The Balaban J connectivity index is 1.78. The van der Waals surface area contributed by atoms with Gasteiger partial charge in [-0.05, 0) is 34.9 Å². The number of rotatable bonds is 2. The van der Waals surface area contributed by atoms with E-state index in [1.54, 1.807) is 6.08 Å². The molecule has 1 aliphatic heterocycles. The molecule has 0 bridgehead atoms. The quantitative estimate of drug-likeness (QED) is 0.626. The summed E-state index contributed by atoms with van der Waals surface area (Å²) in [5.41, 5.74) is 0.977. The monoisotopic (exact) mass is 277 g/mol. The van der Waals surface area contributed by atoms with Crippen molar-refractivity contribution < 1.29 is 4.79 Å². The molecule has 1 fully saturated rings. The van der Waals surface area contributed by atoms with Gasteiger partial charge in [0.25, 0.3) is 5.91 Å². The molecule has 0 aliphatic carbocycles. The van der Waals surface area contributed by atoms with Crippen molar-refractivity contribution >= 4 is 22.8 Å². The van der Waals surface area contributed by atoms with E-state index in [0.717, 1.165) is 17.4 Å². The van der Waals surface area contributed by atoms with E-state index in [0.29, 0.717) is 13.1 Å². The molecule has 2 aromatic carbocycles. The maximum Gasteiger partial charge on any atom is 0.265 e. The molecule has 0 unspecified atom stereocenters. The maximum atomic E-state index is 12.1. The van der Waals surface area contributed by atoms with Crippen LogP contribution in [0, 0.1) is 11.5 Å². The first-order valence-electron chi connectivity index (χ1n) is 6.93. The number of nitriles is 1. The fraction of sp³-hybridized carbons (Fsp3) is 0.176. The molecule has 0 atom stereocenters. The molecule has 4 heteroatoms. The zero-order chi connectivity index (χ0) is 14.7. The predicted molar refractivity (Wildman–Crippen MR) is 81.6 cm³/mol. The molecule has 0 aromatic heterocycles. The van der Waals surface area contributed by atoms with Gasteiger partial charge >= 0.3 is 0 Å². The molecule has 0 radical (unpaired) electrons. The molecule has 4 nitrogen and oxygen atoms in total. The lowest BCUT2D eigenvalue weighted by Crippen LogP contribution is -2.36. The van der Waals surface area contributed by atoms with Crippen LogP contribution in [0.1, 0.15) is 12.0 Å². The Kier molecular flexibility index (Phi) is 3.57. The molecule has 21 heavy (non-hydrogen) atoms. The van der Waals surface area contributed by atoms with Gasteiger partial charge in [-0.3, -0.25) is 4.79 Å². The van der Waals surface area contributed by atoms with Gasteiger partial charge in [0.15, 0.2) is 6.19 Å². The van der Waals surface area contributed by atoms with Gasteiger partial charge in [-0.25, -0.2) is 10.0 Å². The standard InChI is InChI=1S/C17H15N3O/c18-13-19-10-3-11-20(19)17(21)9-7-14-6-8-15-4-1-2-5-16(15)12-14/h1-2,4-9,12H,3,10-11H2/b9-7+. The summed E-state index contributed by atoms with van der Waals surface area (Å²) < 4.78 is 0. The Morgan fingerprint density at radius 3 is 2.76 bits per heavy atom. The minimum atomic E-state index is -0.151. The van der Waals surface area contributed by atoms with E-state index in [2.05, 4.69) is 6.07 Å². The molecule has 104 valence electrons. The summed E-state index contributed by atoms with van der Waals surface area (Å²) >= 11 is 0. The van der Waals surface area contributed by atoms with Crippen molar-refractivity contribution in [1.29, 1.82) is 5.26 Å². The molecular formula is C17H15N3O. The number of amides is 1. The Labute approximate surface area is 123 Å². The van der Waals surface area contributed by atoms with E-state index in [1.165, 1.54) is 21.5 Å². The molecule has 3 rings (SSSR count). The molecule has 1 amide bonds. The van der Waals surface area contributed by atoms with Crippen molar-refractivity contribution in [2.75, 3.05) is 13.1 Å². The fourth-order valence-electron chi connectivity index (χ4n) is 2.51. The molecule has 0 N–H and O–H groups in total. The highest BCUT2D eigenvalue weighted by atomic mass is 16.2. The first kappa shape index (κ1) is 13.2. The first-order valence-corrected chi connectivity index (χ1v) is 6.93. The number of benzene rings is 2. The van der Waals surface area contributed by atoms with Crippen LogP contribution < -0.4 is 0 Å². The van der Waals surface area contributed by atoms with Crippen LogP contribution in [0.3, 0.4) is 0 Å². The number of nitrogens with zero attached hydrogens (tertiary/aromatic N) is 3. The van der Waals surface area contributed by atoms with Crippen molar-refractivity contribution in [2.24, 2.45) is 0 Å². The molecule has 2 aromatic rings. The van der Waals surface area contributed by atoms with E-state index in [9.17, 15) is 4.79 Å². The first-order chi connectivity index (χ1) is 10.3. The third-order valence-electron chi connectivity index (χ3n) is 3.59. The number of carbonyl (C=O) groups is 1. The molecular weight excluding hydrogens is 262 g/mol. The van der Waals surface area contributed by atoms with Crippen LogP contribution >= 0.6 is 0 Å². The fourth-order valence-corrected chi connectivity index (χ4v) is 2.51. The lowest BCUT2D eigenvalue weighted by molar-refractivity contribution is -0.134.